The fourth-order valence-electron chi connectivity index (χ4n) is 2.76. The first kappa shape index (κ1) is 19.6. The van der Waals surface area contributed by atoms with Crippen molar-refractivity contribution in [1.82, 2.24) is 19.9 Å². The van der Waals surface area contributed by atoms with E-state index in [1.165, 1.54) is 0 Å². The molecular weight excluding hydrogens is 350 g/mol. The highest BCUT2D eigenvalue weighted by atomic mass is 16.5. The van der Waals surface area contributed by atoms with Gasteiger partial charge in [-0.3, -0.25) is 0 Å². The van der Waals surface area contributed by atoms with E-state index < -0.39 is 0 Å². The highest BCUT2D eigenvalue weighted by Gasteiger charge is 2.13. The third kappa shape index (κ3) is 4.96. The largest absolute Gasteiger partial charge is 0.471 e. The van der Waals surface area contributed by atoms with E-state index in [2.05, 4.69) is 36.6 Å². The lowest BCUT2D eigenvalue weighted by Gasteiger charge is -2.18. The lowest BCUT2D eigenvalue weighted by Crippen LogP contribution is -2.28. The van der Waals surface area contributed by atoms with Crippen LogP contribution in [0.1, 0.15) is 18.2 Å². The van der Waals surface area contributed by atoms with Crippen molar-refractivity contribution in [2.75, 3.05) is 39.6 Å². The zero-order valence-corrected chi connectivity index (χ0v) is 17.0. The molecule has 1 aromatic carbocycles. The molecule has 3 aromatic rings. The van der Waals surface area contributed by atoms with Crippen LogP contribution < -0.4 is 9.64 Å². The van der Waals surface area contributed by atoms with Gasteiger partial charge in [-0.15, -0.1) is 0 Å². The van der Waals surface area contributed by atoms with Gasteiger partial charge in [-0.05, 0) is 63.3 Å². The maximum atomic E-state index is 6.05. The van der Waals surface area contributed by atoms with Crippen LogP contribution >= 0.6 is 0 Å². The summed E-state index contributed by atoms with van der Waals surface area (Å²) in [6.45, 7) is 2.78. The summed E-state index contributed by atoms with van der Waals surface area (Å²) in [5.74, 6) is 6.71. The number of benzene rings is 1. The van der Waals surface area contributed by atoms with Gasteiger partial charge in [0.15, 0.2) is 11.3 Å². The van der Waals surface area contributed by atoms with Crippen LogP contribution in [0.15, 0.2) is 42.6 Å². The molecule has 3 rings (SSSR count). The molecule has 0 amide bonds. The average molecular weight is 375 g/mol. The van der Waals surface area contributed by atoms with Crippen molar-refractivity contribution in [2.24, 2.45) is 0 Å². The summed E-state index contributed by atoms with van der Waals surface area (Å²) in [5.41, 5.74) is 3.77. The normalized spacial score (nSPS) is 11.8. The van der Waals surface area contributed by atoms with Crippen molar-refractivity contribution in [3.05, 3.63) is 53.9 Å². The van der Waals surface area contributed by atoms with Gasteiger partial charge in [-0.1, -0.05) is 5.92 Å². The number of hydrogen-bond donors (Lipinski definition) is 0. The molecule has 0 aliphatic heterocycles. The van der Waals surface area contributed by atoms with E-state index in [9.17, 15) is 0 Å². The molecule has 2 heterocycles. The molecule has 144 valence electrons. The maximum absolute atomic E-state index is 6.05. The fraction of sp³-hybridized carbons (Fsp3) is 0.318. The second-order valence-electron chi connectivity index (χ2n) is 7.11. The first-order valence-electron chi connectivity index (χ1n) is 9.16. The van der Waals surface area contributed by atoms with Gasteiger partial charge in [0.05, 0.1) is 0 Å². The number of hydrogen-bond acceptors (Lipinski definition) is 6. The van der Waals surface area contributed by atoms with E-state index >= 15 is 0 Å². The summed E-state index contributed by atoms with van der Waals surface area (Å²) in [4.78, 5) is 17.6. The van der Waals surface area contributed by atoms with Crippen molar-refractivity contribution in [3.8, 4) is 17.7 Å². The van der Waals surface area contributed by atoms with Crippen LogP contribution in [-0.4, -0.2) is 60.7 Å². The van der Waals surface area contributed by atoms with Gasteiger partial charge < -0.3 is 14.5 Å². The Bertz CT molecular complexity index is 1000. The Balaban J connectivity index is 1.95. The quantitative estimate of drug-likeness (QED) is 0.639. The molecule has 2 aromatic heterocycles. The topological polar surface area (TPSA) is 54.4 Å². The predicted molar refractivity (Wildman–Crippen MR) is 113 cm³/mol. The van der Waals surface area contributed by atoms with Gasteiger partial charge >= 0.3 is 0 Å². The lowest BCUT2D eigenvalue weighted by atomic mass is 10.2. The molecule has 0 radical (unpaired) electrons. The van der Waals surface area contributed by atoms with Crippen molar-refractivity contribution in [3.63, 3.8) is 0 Å². The number of pyridine rings is 1. The molecule has 28 heavy (non-hydrogen) atoms. The summed E-state index contributed by atoms with van der Waals surface area (Å²) < 4.78 is 6.05. The summed E-state index contributed by atoms with van der Waals surface area (Å²) in [6, 6.07) is 11.8. The number of fused-ring (bicyclic) bond motifs is 1. The second kappa shape index (κ2) is 8.68. The number of aromatic nitrogens is 3. The van der Waals surface area contributed by atoms with E-state index in [-0.39, 0.29) is 6.10 Å². The van der Waals surface area contributed by atoms with E-state index in [0.717, 1.165) is 17.8 Å². The van der Waals surface area contributed by atoms with Gasteiger partial charge in [0.25, 0.3) is 0 Å². The summed E-state index contributed by atoms with van der Waals surface area (Å²) in [5, 5.41) is 0. The van der Waals surface area contributed by atoms with E-state index in [1.807, 2.05) is 71.5 Å². The highest BCUT2D eigenvalue weighted by molar-refractivity contribution is 5.71. The van der Waals surface area contributed by atoms with Crippen LogP contribution in [0.5, 0.6) is 5.88 Å². The van der Waals surface area contributed by atoms with Gasteiger partial charge in [0.2, 0.25) is 5.88 Å². The minimum Gasteiger partial charge on any atom is -0.471 e. The third-order valence-corrected chi connectivity index (χ3v) is 4.05. The Hall–Kier alpha value is -3.17. The molecule has 0 fully saturated rings. The number of nitrogens with zero attached hydrogens (tertiary/aromatic N) is 5. The van der Waals surface area contributed by atoms with Crippen molar-refractivity contribution in [2.45, 2.75) is 13.0 Å². The summed E-state index contributed by atoms with van der Waals surface area (Å²) in [6.07, 6.45) is 1.65. The molecule has 6 nitrogen and oxygen atoms in total. The van der Waals surface area contributed by atoms with E-state index in [4.69, 9.17) is 4.74 Å². The molecular formula is C22H25N5O. The molecule has 0 saturated heterocycles. The molecule has 0 spiro atoms. The van der Waals surface area contributed by atoms with Gasteiger partial charge in [-0.2, -0.15) is 0 Å². The fourth-order valence-corrected chi connectivity index (χ4v) is 2.76. The molecule has 0 bridgehead atoms. The van der Waals surface area contributed by atoms with Crippen LogP contribution in [0, 0.1) is 11.8 Å². The molecule has 0 N–H and O–H groups in total. The summed E-state index contributed by atoms with van der Waals surface area (Å²) >= 11 is 0. The minimum atomic E-state index is -0.0432. The van der Waals surface area contributed by atoms with Crippen LogP contribution in [0.3, 0.4) is 0 Å². The first-order chi connectivity index (χ1) is 13.4. The average Bonchev–Trinajstić information content (AvgIpc) is 2.66. The van der Waals surface area contributed by atoms with E-state index in [0.29, 0.717) is 22.7 Å². The SMILES string of the molecule is CC(CN(C)C)Oc1nc2cccnc2nc1C#Cc1ccc(N(C)C)cc1. The van der Waals surface area contributed by atoms with Crippen molar-refractivity contribution in [1.29, 1.82) is 0 Å². The number of likely N-dealkylation sites (N-methyl/N-ethyl adjacent to an activating group) is 1. The molecule has 0 aliphatic carbocycles. The highest BCUT2D eigenvalue weighted by Crippen LogP contribution is 2.19. The Labute approximate surface area is 166 Å². The summed E-state index contributed by atoms with van der Waals surface area (Å²) in [7, 11) is 8.04. The van der Waals surface area contributed by atoms with Crippen LogP contribution in [0.4, 0.5) is 5.69 Å². The van der Waals surface area contributed by atoms with E-state index in [1.54, 1.807) is 6.20 Å². The smallest absolute Gasteiger partial charge is 0.250 e. The van der Waals surface area contributed by atoms with Gasteiger partial charge in [-0.25, -0.2) is 15.0 Å². The number of ether oxygens (including phenoxy) is 1. The monoisotopic (exact) mass is 375 g/mol. The lowest BCUT2D eigenvalue weighted by molar-refractivity contribution is 0.170. The third-order valence-electron chi connectivity index (χ3n) is 4.05. The van der Waals surface area contributed by atoms with Crippen LogP contribution in [-0.2, 0) is 0 Å². The zero-order valence-electron chi connectivity index (χ0n) is 17.0. The Morgan fingerprint density at radius 2 is 1.75 bits per heavy atom. The Morgan fingerprint density at radius 1 is 1.00 bits per heavy atom. The molecule has 1 unspecified atom stereocenters. The van der Waals surface area contributed by atoms with Gasteiger partial charge in [0.1, 0.15) is 11.6 Å². The Kier molecular flexibility index (Phi) is 6.07. The maximum Gasteiger partial charge on any atom is 0.250 e. The van der Waals surface area contributed by atoms with Crippen molar-refractivity contribution >= 4 is 16.9 Å². The van der Waals surface area contributed by atoms with Crippen LogP contribution in [0.25, 0.3) is 11.2 Å². The number of anilines is 1. The standard InChI is InChI=1S/C22H25N5O/c1-16(15-26(2)3)28-22-20(24-21-19(25-22)7-6-14-23-21)13-10-17-8-11-18(12-9-17)27(4)5/h6-9,11-12,14,16H,15H2,1-5H3. The van der Waals surface area contributed by atoms with Crippen LogP contribution in [0.2, 0.25) is 0 Å². The molecule has 6 heteroatoms. The Morgan fingerprint density at radius 3 is 2.43 bits per heavy atom. The number of rotatable bonds is 5. The van der Waals surface area contributed by atoms with Crippen molar-refractivity contribution < 1.29 is 4.74 Å². The van der Waals surface area contributed by atoms with Gasteiger partial charge in [0, 0.05) is 38.1 Å². The molecule has 0 aliphatic rings. The predicted octanol–water partition coefficient (Wildman–Crippen LogP) is 2.82. The molecule has 1 atom stereocenters. The minimum absolute atomic E-state index is 0.0432. The second-order valence-corrected chi connectivity index (χ2v) is 7.11. The first-order valence-corrected chi connectivity index (χ1v) is 9.16. The molecule has 0 saturated carbocycles. The zero-order chi connectivity index (χ0) is 20.1.